The van der Waals surface area contributed by atoms with Gasteiger partial charge in [-0.05, 0) is 36.0 Å². The van der Waals surface area contributed by atoms with Gasteiger partial charge in [-0.1, -0.05) is 40.9 Å². The molecule has 0 aliphatic heterocycles. The molecule has 1 aromatic carbocycles. The van der Waals surface area contributed by atoms with Crippen LogP contribution in [0.4, 0.5) is 0 Å². The smallest absolute Gasteiger partial charge is 0.0292 e. The fourth-order valence-corrected chi connectivity index (χ4v) is 3.18. The van der Waals surface area contributed by atoms with Gasteiger partial charge in [-0.2, -0.15) is 0 Å². The third kappa shape index (κ3) is 3.70. The monoisotopic (exact) mass is 315 g/mol. The van der Waals surface area contributed by atoms with Crippen LogP contribution in [0.3, 0.4) is 0 Å². The van der Waals surface area contributed by atoms with Crippen LogP contribution < -0.4 is 5.32 Å². The highest BCUT2D eigenvalue weighted by Crippen LogP contribution is 2.38. The van der Waals surface area contributed by atoms with Gasteiger partial charge in [0, 0.05) is 23.4 Å². The molecule has 3 heteroatoms. The highest BCUT2D eigenvalue weighted by molar-refractivity contribution is 9.10. The summed E-state index contributed by atoms with van der Waals surface area (Å²) in [5, 5.41) is 3.56. The van der Waals surface area contributed by atoms with Crippen LogP contribution in [0.15, 0.2) is 28.7 Å². The summed E-state index contributed by atoms with van der Waals surface area (Å²) >= 11 is 9.57. The molecule has 1 aromatic rings. The number of benzene rings is 1. The lowest BCUT2D eigenvalue weighted by atomic mass is 9.88. The van der Waals surface area contributed by atoms with E-state index in [-0.39, 0.29) is 0 Å². The summed E-state index contributed by atoms with van der Waals surface area (Å²) in [5.41, 5.74) is 1.69. The van der Waals surface area contributed by atoms with E-state index in [1.807, 2.05) is 0 Å². The van der Waals surface area contributed by atoms with Crippen LogP contribution in [0.2, 0.25) is 0 Å². The minimum atomic E-state index is 0.358. The van der Waals surface area contributed by atoms with Gasteiger partial charge in [0.05, 0.1) is 0 Å². The Morgan fingerprint density at radius 3 is 2.41 bits per heavy atom. The summed E-state index contributed by atoms with van der Waals surface area (Å²) in [5.74, 6) is 0.792. The molecule has 0 heterocycles. The van der Waals surface area contributed by atoms with Crippen LogP contribution in [0.1, 0.15) is 31.2 Å². The van der Waals surface area contributed by atoms with Gasteiger partial charge in [0.15, 0.2) is 0 Å². The quantitative estimate of drug-likeness (QED) is 0.797. The normalized spacial score (nSPS) is 18.5. The second kappa shape index (κ2) is 6.21. The maximum Gasteiger partial charge on any atom is 0.0292 e. The third-order valence-corrected chi connectivity index (χ3v) is 4.79. The standard InChI is InChI=1S/C14H19BrClN/c15-13-5-3-12(4-6-13)9-17-11-14(10-16)7-1-2-8-14/h3-6,17H,1-2,7-11H2. The van der Waals surface area contributed by atoms with Gasteiger partial charge in [-0.3, -0.25) is 0 Å². The molecule has 1 aliphatic carbocycles. The van der Waals surface area contributed by atoms with E-state index in [1.165, 1.54) is 31.2 Å². The van der Waals surface area contributed by atoms with E-state index >= 15 is 0 Å². The van der Waals surface area contributed by atoms with Crippen LogP contribution in [0, 0.1) is 5.41 Å². The Bertz CT molecular complexity index is 344. The fraction of sp³-hybridized carbons (Fsp3) is 0.571. The molecule has 0 bridgehead atoms. The summed E-state index contributed by atoms with van der Waals surface area (Å²) in [6.45, 7) is 1.98. The number of halogens is 2. The third-order valence-electron chi connectivity index (χ3n) is 3.69. The van der Waals surface area contributed by atoms with E-state index < -0.39 is 0 Å². The number of nitrogens with one attached hydrogen (secondary N) is 1. The van der Waals surface area contributed by atoms with Gasteiger partial charge in [0.1, 0.15) is 0 Å². The van der Waals surface area contributed by atoms with E-state index in [0.29, 0.717) is 5.41 Å². The van der Waals surface area contributed by atoms with Crippen LogP contribution in [0.5, 0.6) is 0 Å². The van der Waals surface area contributed by atoms with Crippen molar-refractivity contribution >= 4 is 27.5 Å². The molecule has 2 rings (SSSR count). The van der Waals surface area contributed by atoms with Crippen molar-refractivity contribution in [3.8, 4) is 0 Å². The Balaban J connectivity index is 1.80. The zero-order valence-corrected chi connectivity index (χ0v) is 12.4. The molecule has 0 radical (unpaired) electrons. The van der Waals surface area contributed by atoms with Gasteiger partial charge in [-0.15, -0.1) is 11.6 Å². The largest absolute Gasteiger partial charge is 0.312 e. The number of alkyl halides is 1. The first-order valence-electron chi connectivity index (χ1n) is 6.25. The molecule has 94 valence electrons. The maximum absolute atomic E-state index is 6.12. The number of hydrogen-bond acceptors (Lipinski definition) is 1. The molecule has 1 saturated carbocycles. The summed E-state index contributed by atoms with van der Waals surface area (Å²) in [6.07, 6.45) is 5.24. The average Bonchev–Trinajstić information content (AvgIpc) is 2.81. The van der Waals surface area contributed by atoms with E-state index in [1.54, 1.807) is 0 Å². The van der Waals surface area contributed by atoms with Crippen molar-refractivity contribution in [2.75, 3.05) is 12.4 Å². The Hall–Kier alpha value is -0.0500. The lowest BCUT2D eigenvalue weighted by Gasteiger charge is -2.26. The van der Waals surface area contributed by atoms with Crippen molar-refractivity contribution in [1.29, 1.82) is 0 Å². The first-order chi connectivity index (χ1) is 8.24. The fourth-order valence-electron chi connectivity index (χ4n) is 2.56. The molecule has 0 spiro atoms. The summed E-state index contributed by atoms with van der Waals surface area (Å²) in [4.78, 5) is 0. The van der Waals surface area contributed by atoms with Crippen molar-refractivity contribution in [2.24, 2.45) is 5.41 Å². The molecule has 0 amide bonds. The Morgan fingerprint density at radius 1 is 1.18 bits per heavy atom. The summed E-state index contributed by atoms with van der Waals surface area (Å²) < 4.78 is 1.13. The first kappa shape index (κ1) is 13.4. The van der Waals surface area contributed by atoms with E-state index in [4.69, 9.17) is 11.6 Å². The molecule has 1 nitrogen and oxygen atoms in total. The molecule has 1 N–H and O–H groups in total. The van der Waals surface area contributed by atoms with E-state index in [9.17, 15) is 0 Å². The minimum absolute atomic E-state index is 0.358. The topological polar surface area (TPSA) is 12.0 Å². The molecular weight excluding hydrogens is 298 g/mol. The highest BCUT2D eigenvalue weighted by Gasteiger charge is 2.32. The SMILES string of the molecule is ClCC1(CNCc2ccc(Br)cc2)CCCC1. The van der Waals surface area contributed by atoms with E-state index in [0.717, 1.165) is 23.4 Å². The predicted molar refractivity (Wildman–Crippen MR) is 77.5 cm³/mol. The summed E-state index contributed by atoms with van der Waals surface area (Å²) in [6, 6.07) is 8.48. The lowest BCUT2D eigenvalue weighted by molar-refractivity contribution is 0.320. The predicted octanol–water partition coefficient (Wildman–Crippen LogP) is 4.34. The first-order valence-corrected chi connectivity index (χ1v) is 7.58. The van der Waals surface area contributed by atoms with Crippen molar-refractivity contribution in [2.45, 2.75) is 32.2 Å². The average molecular weight is 317 g/mol. The van der Waals surface area contributed by atoms with Crippen LogP contribution in [-0.4, -0.2) is 12.4 Å². The van der Waals surface area contributed by atoms with Gasteiger partial charge >= 0.3 is 0 Å². The Labute approximate surface area is 117 Å². The zero-order valence-electron chi connectivity index (χ0n) is 10.0. The van der Waals surface area contributed by atoms with Crippen LogP contribution in [0.25, 0.3) is 0 Å². The molecule has 1 aliphatic rings. The summed E-state index contributed by atoms with van der Waals surface area (Å²) in [7, 11) is 0. The van der Waals surface area contributed by atoms with Crippen LogP contribution >= 0.6 is 27.5 Å². The van der Waals surface area contributed by atoms with Crippen LogP contribution in [-0.2, 0) is 6.54 Å². The second-order valence-electron chi connectivity index (χ2n) is 5.07. The molecule has 0 atom stereocenters. The second-order valence-corrected chi connectivity index (χ2v) is 6.25. The minimum Gasteiger partial charge on any atom is -0.312 e. The van der Waals surface area contributed by atoms with E-state index in [2.05, 4.69) is 45.5 Å². The molecule has 0 aromatic heterocycles. The molecular formula is C14H19BrClN. The van der Waals surface area contributed by atoms with Crippen molar-refractivity contribution < 1.29 is 0 Å². The lowest BCUT2D eigenvalue weighted by Crippen LogP contribution is -2.33. The number of hydrogen-bond donors (Lipinski definition) is 1. The maximum atomic E-state index is 6.12. The van der Waals surface area contributed by atoms with Gasteiger partial charge in [-0.25, -0.2) is 0 Å². The molecule has 0 unspecified atom stereocenters. The molecule has 1 fully saturated rings. The molecule has 17 heavy (non-hydrogen) atoms. The van der Waals surface area contributed by atoms with Crippen molar-refractivity contribution in [1.82, 2.24) is 5.32 Å². The number of rotatable bonds is 5. The van der Waals surface area contributed by atoms with Crippen molar-refractivity contribution in [3.63, 3.8) is 0 Å². The molecule has 0 saturated heterocycles. The zero-order chi connectivity index (χ0) is 12.1. The van der Waals surface area contributed by atoms with Gasteiger partial charge < -0.3 is 5.32 Å². The van der Waals surface area contributed by atoms with Gasteiger partial charge in [0.25, 0.3) is 0 Å². The van der Waals surface area contributed by atoms with Gasteiger partial charge in [0.2, 0.25) is 0 Å². The highest BCUT2D eigenvalue weighted by atomic mass is 79.9. The Kier molecular flexibility index (Phi) is 4.89. The Morgan fingerprint density at radius 2 is 1.82 bits per heavy atom. The van der Waals surface area contributed by atoms with Crippen molar-refractivity contribution in [3.05, 3.63) is 34.3 Å².